The van der Waals surface area contributed by atoms with E-state index in [9.17, 15) is 10.2 Å². The molecule has 2 aromatic rings. The second kappa shape index (κ2) is 7.11. The lowest BCUT2D eigenvalue weighted by molar-refractivity contribution is 0.158. The summed E-state index contributed by atoms with van der Waals surface area (Å²) in [5.41, 5.74) is 3.09. The van der Waals surface area contributed by atoms with Gasteiger partial charge in [0.15, 0.2) is 11.5 Å². The molecule has 0 radical (unpaired) electrons. The molecule has 0 unspecified atom stereocenters. The van der Waals surface area contributed by atoms with Crippen LogP contribution in [0.2, 0.25) is 0 Å². The third-order valence-electron chi connectivity index (χ3n) is 4.59. The van der Waals surface area contributed by atoms with Crippen LogP contribution in [0.25, 0.3) is 0 Å². The SMILES string of the molecule is COc1cc2c(cc1OC)[C@@H](c1ccccc1O)N(CCO)CC2. The normalized spacial score (nSPS) is 17.4. The molecule has 1 aliphatic heterocycles. The highest BCUT2D eigenvalue weighted by Crippen LogP contribution is 2.42. The fraction of sp³-hybridized carbons (Fsp3) is 0.368. The van der Waals surface area contributed by atoms with E-state index in [-0.39, 0.29) is 18.4 Å². The Morgan fingerprint density at radius 2 is 1.79 bits per heavy atom. The Bertz CT molecular complexity index is 717. The Kier molecular flexibility index (Phi) is 4.92. The van der Waals surface area contributed by atoms with Gasteiger partial charge in [-0.2, -0.15) is 0 Å². The minimum absolute atomic E-state index is 0.0761. The lowest BCUT2D eigenvalue weighted by atomic mass is 9.87. The zero-order valence-corrected chi connectivity index (χ0v) is 14.0. The molecule has 1 atom stereocenters. The second-order valence-electron chi connectivity index (χ2n) is 5.88. The van der Waals surface area contributed by atoms with Crippen LogP contribution < -0.4 is 9.47 Å². The summed E-state index contributed by atoms with van der Waals surface area (Å²) in [6, 6.07) is 11.2. The van der Waals surface area contributed by atoms with Crippen molar-refractivity contribution in [2.45, 2.75) is 12.5 Å². The molecule has 0 amide bonds. The Morgan fingerprint density at radius 3 is 2.46 bits per heavy atom. The molecular formula is C19H23NO4. The van der Waals surface area contributed by atoms with Crippen LogP contribution in [-0.2, 0) is 6.42 Å². The number of β-amino-alcohol motifs (C(OH)–C–C–N with tert-alkyl or cyclic N) is 1. The third-order valence-corrected chi connectivity index (χ3v) is 4.59. The molecular weight excluding hydrogens is 306 g/mol. The predicted molar refractivity (Wildman–Crippen MR) is 91.9 cm³/mol. The number of para-hydroxylation sites is 1. The quantitative estimate of drug-likeness (QED) is 0.882. The topological polar surface area (TPSA) is 62.2 Å². The molecule has 1 aliphatic rings. The van der Waals surface area contributed by atoms with E-state index < -0.39 is 0 Å². The van der Waals surface area contributed by atoms with Gasteiger partial charge in [0.1, 0.15) is 5.75 Å². The molecule has 128 valence electrons. The van der Waals surface area contributed by atoms with Crippen LogP contribution in [-0.4, -0.2) is 49.0 Å². The zero-order chi connectivity index (χ0) is 17.1. The summed E-state index contributed by atoms with van der Waals surface area (Å²) in [5.74, 6) is 1.64. The molecule has 0 bridgehead atoms. The molecule has 0 saturated heterocycles. The summed E-state index contributed by atoms with van der Waals surface area (Å²) in [6.07, 6.45) is 0.861. The summed E-state index contributed by atoms with van der Waals surface area (Å²) >= 11 is 0. The molecule has 1 heterocycles. The molecule has 5 nitrogen and oxygen atoms in total. The first kappa shape index (κ1) is 16.6. The molecule has 0 aliphatic carbocycles. The van der Waals surface area contributed by atoms with E-state index in [2.05, 4.69) is 4.90 Å². The van der Waals surface area contributed by atoms with Crippen LogP contribution >= 0.6 is 0 Å². The van der Waals surface area contributed by atoms with Crippen molar-refractivity contribution in [1.29, 1.82) is 0 Å². The van der Waals surface area contributed by atoms with Crippen molar-refractivity contribution in [2.75, 3.05) is 33.9 Å². The van der Waals surface area contributed by atoms with Gasteiger partial charge in [-0.3, -0.25) is 4.90 Å². The fourth-order valence-corrected chi connectivity index (χ4v) is 3.45. The van der Waals surface area contributed by atoms with Crippen molar-refractivity contribution in [1.82, 2.24) is 4.90 Å². The highest BCUT2D eigenvalue weighted by atomic mass is 16.5. The van der Waals surface area contributed by atoms with Crippen LogP contribution in [0, 0.1) is 0 Å². The maximum absolute atomic E-state index is 10.4. The third kappa shape index (κ3) is 2.92. The average molecular weight is 329 g/mol. The lowest BCUT2D eigenvalue weighted by Crippen LogP contribution is -2.38. The van der Waals surface area contributed by atoms with E-state index in [0.29, 0.717) is 18.0 Å². The van der Waals surface area contributed by atoms with E-state index >= 15 is 0 Å². The number of fused-ring (bicyclic) bond motifs is 1. The minimum Gasteiger partial charge on any atom is -0.508 e. The van der Waals surface area contributed by atoms with Gasteiger partial charge in [0.25, 0.3) is 0 Å². The van der Waals surface area contributed by atoms with Crippen LogP contribution in [0.15, 0.2) is 36.4 Å². The number of phenolic OH excluding ortho intramolecular Hbond substituents is 1. The van der Waals surface area contributed by atoms with Gasteiger partial charge < -0.3 is 19.7 Å². The highest BCUT2D eigenvalue weighted by molar-refractivity contribution is 5.53. The number of benzene rings is 2. The molecule has 5 heteroatoms. The monoisotopic (exact) mass is 329 g/mol. The largest absolute Gasteiger partial charge is 0.508 e. The highest BCUT2D eigenvalue weighted by Gasteiger charge is 2.31. The van der Waals surface area contributed by atoms with Crippen LogP contribution in [0.1, 0.15) is 22.7 Å². The minimum atomic E-state index is -0.123. The summed E-state index contributed by atoms with van der Waals surface area (Å²) in [4.78, 5) is 2.18. The van der Waals surface area contributed by atoms with E-state index in [1.165, 1.54) is 5.56 Å². The van der Waals surface area contributed by atoms with E-state index in [1.54, 1.807) is 20.3 Å². The average Bonchev–Trinajstić information content (AvgIpc) is 2.61. The van der Waals surface area contributed by atoms with E-state index in [0.717, 1.165) is 24.1 Å². The number of nitrogens with zero attached hydrogens (tertiary/aromatic N) is 1. The Labute approximate surface area is 142 Å². The van der Waals surface area contributed by atoms with Crippen LogP contribution in [0.5, 0.6) is 17.2 Å². The molecule has 3 rings (SSSR count). The molecule has 0 aromatic heterocycles. The van der Waals surface area contributed by atoms with Gasteiger partial charge in [0.05, 0.1) is 26.9 Å². The molecule has 0 saturated carbocycles. The van der Waals surface area contributed by atoms with E-state index in [4.69, 9.17) is 9.47 Å². The van der Waals surface area contributed by atoms with Crippen LogP contribution in [0.3, 0.4) is 0 Å². The lowest BCUT2D eigenvalue weighted by Gasteiger charge is -2.38. The Morgan fingerprint density at radius 1 is 1.08 bits per heavy atom. The standard InChI is InChI=1S/C19H23NO4/c1-23-17-11-13-7-8-20(9-10-21)19(15(13)12-18(17)24-2)14-5-3-4-6-16(14)22/h3-6,11-12,19,21-22H,7-10H2,1-2H3/t19-/m1/s1. The number of aliphatic hydroxyl groups excluding tert-OH is 1. The number of phenols is 1. The molecule has 2 aromatic carbocycles. The predicted octanol–water partition coefficient (Wildman–Crippen LogP) is 2.35. The number of hydrogen-bond acceptors (Lipinski definition) is 5. The van der Waals surface area contributed by atoms with Crippen molar-refractivity contribution in [3.8, 4) is 17.2 Å². The van der Waals surface area contributed by atoms with Crippen LogP contribution in [0.4, 0.5) is 0 Å². The Hall–Kier alpha value is -2.24. The van der Waals surface area contributed by atoms with Crippen molar-refractivity contribution in [2.24, 2.45) is 0 Å². The number of aliphatic hydroxyl groups is 1. The first-order valence-electron chi connectivity index (χ1n) is 8.07. The molecule has 2 N–H and O–H groups in total. The van der Waals surface area contributed by atoms with Gasteiger partial charge in [-0.1, -0.05) is 18.2 Å². The first-order chi connectivity index (χ1) is 11.7. The zero-order valence-electron chi connectivity index (χ0n) is 14.0. The number of rotatable bonds is 5. The van der Waals surface area contributed by atoms with Gasteiger partial charge in [-0.15, -0.1) is 0 Å². The number of hydrogen-bond donors (Lipinski definition) is 2. The van der Waals surface area contributed by atoms with Gasteiger partial charge in [-0.25, -0.2) is 0 Å². The molecule has 24 heavy (non-hydrogen) atoms. The summed E-state index contributed by atoms with van der Waals surface area (Å²) < 4.78 is 10.9. The number of aromatic hydroxyl groups is 1. The van der Waals surface area contributed by atoms with Gasteiger partial charge in [0, 0.05) is 18.7 Å². The second-order valence-corrected chi connectivity index (χ2v) is 5.88. The van der Waals surface area contributed by atoms with Crippen molar-refractivity contribution < 1.29 is 19.7 Å². The summed E-state index contributed by atoms with van der Waals surface area (Å²) in [7, 11) is 3.25. The maximum atomic E-state index is 10.4. The van der Waals surface area contributed by atoms with Crippen molar-refractivity contribution >= 4 is 0 Å². The molecule has 0 spiro atoms. The van der Waals surface area contributed by atoms with Crippen molar-refractivity contribution in [3.63, 3.8) is 0 Å². The first-order valence-corrected chi connectivity index (χ1v) is 8.07. The summed E-state index contributed by atoms with van der Waals surface area (Å²) in [6.45, 7) is 1.43. The van der Waals surface area contributed by atoms with E-state index in [1.807, 2.05) is 30.3 Å². The number of methoxy groups -OCH3 is 2. The molecule has 0 fully saturated rings. The van der Waals surface area contributed by atoms with Gasteiger partial charge >= 0.3 is 0 Å². The number of ether oxygens (including phenoxy) is 2. The van der Waals surface area contributed by atoms with Gasteiger partial charge in [0.2, 0.25) is 0 Å². The maximum Gasteiger partial charge on any atom is 0.161 e. The smallest absolute Gasteiger partial charge is 0.161 e. The van der Waals surface area contributed by atoms with Crippen molar-refractivity contribution in [3.05, 3.63) is 53.1 Å². The van der Waals surface area contributed by atoms with Gasteiger partial charge in [-0.05, 0) is 35.7 Å². The fourth-order valence-electron chi connectivity index (χ4n) is 3.45. The summed E-state index contributed by atoms with van der Waals surface area (Å²) in [5, 5.41) is 19.8. The Balaban J connectivity index is 2.15.